The number of ether oxygens (including phenoxy) is 5. The summed E-state index contributed by atoms with van der Waals surface area (Å²) in [7, 11) is 3.25. The predicted molar refractivity (Wildman–Crippen MR) is 99.8 cm³/mol. The Balaban J connectivity index is 1.77. The Kier molecular flexibility index (Phi) is 5.56. The van der Waals surface area contributed by atoms with Crippen LogP contribution in [0.25, 0.3) is 0 Å². The van der Waals surface area contributed by atoms with Crippen molar-refractivity contribution in [2.45, 2.75) is 25.9 Å². The van der Waals surface area contributed by atoms with Gasteiger partial charge in [-0.25, -0.2) is 0 Å². The van der Waals surface area contributed by atoms with Crippen molar-refractivity contribution in [2.75, 3.05) is 21.0 Å². The fourth-order valence-corrected chi connectivity index (χ4v) is 2.98. The van der Waals surface area contributed by atoms with Gasteiger partial charge in [0.25, 0.3) is 0 Å². The second kappa shape index (κ2) is 8.04. The van der Waals surface area contributed by atoms with Crippen molar-refractivity contribution >= 4 is 0 Å². The van der Waals surface area contributed by atoms with Gasteiger partial charge in [-0.05, 0) is 48.7 Å². The van der Waals surface area contributed by atoms with Crippen molar-refractivity contribution < 1.29 is 23.7 Å². The van der Waals surface area contributed by atoms with Crippen molar-refractivity contribution in [1.82, 2.24) is 0 Å². The summed E-state index contributed by atoms with van der Waals surface area (Å²) in [5, 5.41) is 0. The SMILES string of the molecule is C=CCc1cc(OC)c(O[C@H](C)Cc2ccc3c(c2)OCO3)c(OC)c1. The average molecular weight is 356 g/mol. The van der Waals surface area contributed by atoms with Crippen LogP contribution in [-0.4, -0.2) is 27.1 Å². The maximum atomic E-state index is 6.17. The van der Waals surface area contributed by atoms with Crippen LogP contribution in [0.15, 0.2) is 43.0 Å². The molecule has 0 amide bonds. The van der Waals surface area contributed by atoms with Crippen LogP contribution in [0.2, 0.25) is 0 Å². The van der Waals surface area contributed by atoms with Crippen LogP contribution in [0.4, 0.5) is 0 Å². The van der Waals surface area contributed by atoms with Crippen LogP contribution < -0.4 is 23.7 Å². The van der Waals surface area contributed by atoms with Crippen LogP contribution in [0, 0.1) is 0 Å². The van der Waals surface area contributed by atoms with Gasteiger partial charge in [-0.15, -0.1) is 6.58 Å². The minimum absolute atomic E-state index is 0.0802. The van der Waals surface area contributed by atoms with Crippen molar-refractivity contribution in [2.24, 2.45) is 0 Å². The molecule has 0 spiro atoms. The molecule has 2 aromatic carbocycles. The Bertz CT molecular complexity index is 759. The van der Waals surface area contributed by atoms with Gasteiger partial charge in [-0.3, -0.25) is 0 Å². The van der Waals surface area contributed by atoms with Gasteiger partial charge in [0.15, 0.2) is 23.0 Å². The number of hydrogen-bond acceptors (Lipinski definition) is 5. The van der Waals surface area contributed by atoms with E-state index >= 15 is 0 Å². The number of hydrogen-bond donors (Lipinski definition) is 0. The molecule has 3 rings (SSSR count). The summed E-state index contributed by atoms with van der Waals surface area (Å²) in [5.41, 5.74) is 2.17. The highest BCUT2D eigenvalue weighted by Crippen LogP contribution is 2.40. The van der Waals surface area contributed by atoms with Gasteiger partial charge in [0.2, 0.25) is 12.5 Å². The number of methoxy groups -OCH3 is 2. The molecule has 138 valence electrons. The maximum Gasteiger partial charge on any atom is 0.231 e. The molecule has 0 radical (unpaired) electrons. The average Bonchev–Trinajstić information content (AvgIpc) is 3.10. The number of benzene rings is 2. The monoisotopic (exact) mass is 356 g/mol. The minimum atomic E-state index is -0.0802. The zero-order chi connectivity index (χ0) is 18.5. The molecule has 1 aliphatic heterocycles. The third kappa shape index (κ3) is 3.87. The van der Waals surface area contributed by atoms with E-state index in [0.29, 0.717) is 17.2 Å². The van der Waals surface area contributed by atoms with Gasteiger partial charge in [0.1, 0.15) is 6.10 Å². The largest absolute Gasteiger partial charge is 0.493 e. The summed E-state index contributed by atoms with van der Waals surface area (Å²) in [6.07, 6.45) is 3.22. The summed E-state index contributed by atoms with van der Waals surface area (Å²) >= 11 is 0. The van der Waals surface area contributed by atoms with E-state index in [9.17, 15) is 0 Å². The molecule has 5 nitrogen and oxygen atoms in total. The Hall–Kier alpha value is -2.82. The molecule has 1 atom stereocenters. The van der Waals surface area contributed by atoms with E-state index in [1.165, 1.54) is 0 Å². The van der Waals surface area contributed by atoms with Crippen molar-refractivity contribution in [1.29, 1.82) is 0 Å². The first-order valence-electron chi connectivity index (χ1n) is 8.55. The molecule has 0 saturated carbocycles. The standard InChI is InChI=1S/C21H24O5/c1-5-6-15-11-19(22-3)21(20(12-15)23-4)26-14(2)9-16-7-8-17-18(10-16)25-13-24-17/h5,7-8,10-12,14H,1,6,9,13H2,2-4H3/t14-/m1/s1. The van der Waals surface area contributed by atoms with Gasteiger partial charge in [-0.2, -0.15) is 0 Å². The molecule has 0 aliphatic carbocycles. The number of allylic oxidation sites excluding steroid dienone is 1. The molecular weight excluding hydrogens is 332 g/mol. The molecule has 0 bridgehead atoms. The van der Waals surface area contributed by atoms with Crippen LogP contribution in [-0.2, 0) is 12.8 Å². The van der Waals surface area contributed by atoms with Gasteiger partial charge < -0.3 is 23.7 Å². The summed E-state index contributed by atoms with van der Waals surface area (Å²) < 4.78 is 28.0. The van der Waals surface area contributed by atoms with E-state index in [-0.39, 0.29) is 12.9 Å². The van der Waals surface area contributed by atoms with E-state index in [0.717, 1.165) is 35.5 Å². The molecular formula is C21H24O5. The highest BCUT2D eigenvalue weighted by Gasteiger charge is 2.18. The second-order valence-electron chi connectivity index (χ2n) is 6.14. The molecule has 0 aromatic heterocycles. The zero-order valence-corrected chi connectivity index (χ0v) is 15.4. The fourth-order valence-electron chi connectivity index (χ4n) is 2.98. The smallest absolute Gasteiger partial charge is 0.231 e. The lowest BCUT2D eigenvalue weighted by molar-refractivity contribution is 0.174. The molecule has 0 fully saturated rings. The van der Waals surface area contributed by atoms with Gasteiger partial charge >= 0.3 is 0 Å². The summed E-state index contributed by atoms with van der Waals surface area (Å²) in [4.78, 5) is 0. The Labute approximate surface area is 154 Å². The first-order chi connectivity index (χ1) is 12.6. The zero-order valence-electron chi connectivity index (χ0n) is 15.4. The summed E-state index contributed by atoms with van der Waals surface area (Å²) in [6.45, 7) is 6.07. The number of fused-ring (bicyclic) bond motifs is 1. The van der Waals surface area contributed by atoms with E-state index in [1.807, 2.05) is 43.3 Å². The van der Waals surface area contributed by atoms with Crippen LogP contribution >= 0.6 is 0 Å². The normalized spacial score (nSPS) is 13.2. The quantitative estimate of drug-likeness (QED) is 0.664. The lowest BCUT2D eigenvalue weighted by atomic mass is 10.1. The predicted octanol–water partition coefficient (Wildman–Crippen LogP) is 4.17. The van der Waals surface area contributed by atoms with E-state index < -0.39 is 0 Å². The van der Waals surface area contributed by atoms with Crippen molar-refractivity contribution in [3.63, 3.8) is 0 Å². The van der Waals surface area contributed by atoms with Gasteiger partial charge in [-0.1, -0.05) is 12.1 Å². The lowest BCUT2D eigenvalue weighted by Gasteiger charge is -2.20. The van der Waals surface area contributed by atoms with Crippen molar-refractivity contribution in [3.8, 4) is 28.7 Å². The molecule has 1 heterocycles. The summed E-state index contributed by atoms with van der Waals surface area (Å²) in [6, 6.07) is 9.84. The molecule has 5 heteroatoms. The fraction of sp³-hybridized carbons (Fsp3) is 0.333. The highest BCUT2D eigenvalue weighted by atomic mass is 16.7. The van der Waals surface area contributed by atoms with Crippen molar-refractivity contribution in [3.05, 3.63) is 54.1 Å². The highest BCUT2D eigenvalue weighted by molar-refractivity contribution is 5.54. The molecule has 1 aliphatic rings. The van der Waals surface area contributed by atoms with E-state index in [2.05, 4.69) is 6.58 Å². The van der Waals surface area contributed by atoms with Crippen LogP contribution in [0.5, 0.6) is 28.7 Å². The molecule has 26 heavy (non-hydrogen) atoms. The maximum absolute atomic E-state index is 6.17. The van der Waals surface area contributed by atoms with Gasteiger partial charge in [0.05, 0.1) is 14.2 Å². The second-order valence-corrected chi connectivity index (χ2v) is 6.14. The lowest BCUT2D eigenvalue weighted by Crippen LogP contribution is -2.16. The van der Waals surface area contributed by atoms with Crippen LogP contribution in [0.3, 0.4) is 0 Å². The summed E-state index contributed by atoms with van der Waals surface area (Å²) in [5.74, 6) is 3.47. The third-order valence-corrected chi connectivity index (χ3v) is 4.18. The van der Waals surface area contributed by atoms with Crippen LogP contribution in [0.1, 0.15) is 18.1 Å². The molecule has 0 N–H and O–H groups in total. The Morgan fingerprint density at radius 3 is 2.38 bits per heavy atom. The third-order valence-electron chi connectivity index (χ3n) is 4.18. The first kappa shape index (κ1) is 18.0. The topological polar surface area (TPSA) is 46.2 Å². The molecule has 2 aromatic rings. The van der Waals surface area contributed by atoms with E-state index in [1.54, 1.807) is 14.2 Å². The van der Waals surface area contributed by atoms with E-state index in [4.69, 9.17) is 23.7 Å². The number of rotatable bonds is 8. The first-order valence-corrected chi connectivity index (χ1v) is 8.55. The molecule has 0 saturated heterocycles. The molecule has 0 unspecified atom stereocenters. The minimum Gasteiger partial charge on any atom is -0.493 e. The Morgan fingerprint density at radius 2 is 1.73 bits per heavy atom. The Morgan fingerprint density at radius 1 is 1.04 bits per heavy atom. The van der Waals surface area contributed by atoms with Gasteiger partial charge in [0, 0.05) is 6.42 Å².